The second-order valence-electron chi connectivity index (χ2n) is 6.69. The summed E-state index contributed by atoms with van der Waals surface area (Å²) in [5, 5.41) is 0. The van der Waals surface area contributed by atoms with Gasteiger partial charge < -0.3 is 0 Å². The van der Waals surface area contributed by atoms with Crippen LogP contribution in [-0.2, 0) is 14.8 Å². The standard InChI is InChI=1S/C19H22FN3O4S/c1-12(2)10-18(24)21-22-19(25)17-11-16(9-4-13(17)3)28(26,27)23-15-7-5-14(20)6-8-15/h4-9,11-12,23H,10H2,1-3H3,(H,21,24)(H,22,25). The molecule has 0 aliphatic rings. The molecule has 0 heterocycles. The van der Waals surface area contributed by atoms with Gasteiger partial charge in [-0.3, -0.25) is 25.2 Å². The number of benzene rings is 2. The van der Waals surface area contributed by atoms with Crippen LogP contribution in [0.3, 0.4) is 0 Å². The Labute approximate surface area is 163 Å². The summed E-state index contributed by atoms with van der Waals surface area (Å²) in [5.41, 5.74) is 5.42. The maximum absolute atomic E-state index is 13.0. The van der Waals surface area contributed by atoms with Gasteiger partial charge in [0.05, 0.1) is 4.90 Å². The van der Waals surface area contributed by atoms with Crippen molar-refractivity contribution in [2.45, 2.75) is 32.1 Å². The first kappa shape index (κ1) is 21.4. The van der Waals surface area contributed by atoms with E-state index >= 15 is 0 Å². The number of rotatable bonds is 6. The molecule has 0 aliphatic carbocycles. The second kappa shape index (κ2) is 8.83. The number of anilines is 1. The molecular weight excluding hydrogens is 385 g/mol. The van der Waals surface area contributed by atoms with Crippen LogP contribution in [-0.4, -0.2) is 20.2 Å². The largest absolute Gasteiger partial charge is 0.280 e. The van der Waals surface area contributed by atoms with Gasteiger partial charge in [0, 0.05) is 17.7 Å². The van der Waals surface area contributed by atoms with Crippen molar-refractivity contribution < 1.29 is 22.4 Å². The zero-order valence-electron chi connectivity index (χ0n) is 15.7. The number of aryl methyl sites for hydroxylation is 1. The van der Waals surface area contributed by atoms with Crippen molar-refractivity contribution in [2.75, 3.05) is 4.72 Å². The van der Waals surface area contributed by atoms with Crippen molar-refractivity contribution in [3.8, 4) is 0 Å². The number of hydrazine groups is 1. The Morgan fingerprint density at radius 2 is 1.68 bits per heavy atom. The third-order valence-corrected chi connectivity index (χ3v) is 5.15. The van der Waals surface area contributed by atoms with Gasteiger partial charge in [-0.1, -0.05) is 19.9 Å². The highest BCUT2D eigenvalue weighted by Crippen LogP contribution is 2.19. The molecule has 2 aromatic carbocycles. The molecule has 0 fully saturated rings. The smallest absolute Gasteiger partial charge is 0.269 e. The minimum atomic E-state index is -3.99. The molecule has 0 saturated heterocycles. The van der Waals surface area contributed by atoms with Crippen molar-refractivity contribution >= 4 is 27.5 Å². The predicted molar refractivity (Wildman–Crippen MR) is 103 cm³/mol. The van der Waals surface area contributed by atoms with Crippen LogP contribution in [0.25, 0.3) is 0 Å². The van der Waals surface area contributed by atoms with Gasteiger partial charge in [-0.25, -0.2) is 12.8 Å². The Hall–Kier alpha value is -2.94. The van der Waals surface area contributed by atoms with Crippen LogP contribution in [0.1, 0.15) is 36.2 Å². The summed E-state index contributed by atoms with van der Waals surface area (Å²) in [6.07, 6.45) is 0.245. The van der Waals surface area contributed by atoms with Gasteiger partial charge in [0.25, 0.3) is 15.9 Å². The maximum Gasteiger partial charge on any atom is 0.269 e. The van der Waals surface area contributed by atoms with Crippen LogP contribution in [0.4, 0.5) is 10.1 Å². The van der Waals surface area contributed by atoms with E-state index in [0.717, 1.165) is 12.1 Å². The molecule has 0 aromatic heterocycles. The molecule has 0 saturated carbocycles. The number of halogens is 1. The molecule has 0 radical (unpaired) electrons. The van der Waals surface area contributed by atoms with Crippen molar-refractivity contribution in [2.24, 2.45) is 5.92 Å². The Balaban J connectivity index is 2.18. The molecule has 3 N–H and O–H groups in total. The van der Waals surface area contributed by atoms with E-state index in [1.54, 1.807) is 6.92 Å². The highest BCUT2D eigenvalue weighted by Gasteiger charge is 2.19. The summed E-state index contributed by atoms with van der Waals surface area (Å²) in [4.78, 5) is 23.9. The minimum absolute atomic E-state index is 0.104. The highest BCUT2D eigenvalue weighted by atomic mass is 32.2. The average molecular weight is 407 g/mol. The first-order chi connectivity index (χ1) is 13.1. The molecule has 2 aromatic rings. The lowest BCUT2D eigenvalue weighted by Crippen LogP contribution is -2.42. The van der Waals surface area contributed by atoms with Crippen LogP contribution in [0, 0.1) is 18.7 Å². The normalized spacial score (nSPS) is 11.2. The lowest BCUT2D eigenvalue weighted by molar-refractivity contribution is -0.122. The third kappa shape index (κ3) is 5.78. The van der Waals surface area contributed by atoms with Gasteiger partial charge in [0.2, 0.25) is 5.91 Å². The molecule has 0 spiro atoms. The fraction of sp³-hybridized carbons (Fsp3) is 0.263. The van der Waals surface area contributed by atoms with E-state index in [0.29, 0.717) is 5.56 Å². The molecular formula is C19H22FN3O4S. The number of carbonyl (C=O) groups is 2. The van der Waals surface area contributed by atoms with E-state index in [4.69, 9.17) is 0 Å². The number of hydrogen-bond donors (Lipinski definition) is 3. The van der Waals surface area contributed by atoms with E-state index < -0.39 is 21.7 Å². The summed E-state index contributed by atoms with van der Waals surface area (Å²) in [7, 11) is -3.99. The Bertz CT molecular complexity index is 973. The van der Waals surface area contributed by atoms with E-state index in [2.05, 4.69) is 15.6 Å². The van der Waals surface area contributed by atoms with Crippen LogP contribution in [0.15, 0.2) is 47.4 Å². The van der Waals surface area contributed by atoms with E-state index in [-0.39, 0.29) is 34.4 Å². The number of nitrogens with one attached hydrogen (secondary N) is 3. The lowest BCUT2D eigenvalue weighted by Gasteiger charge is -2.13. The zero-order chi connectivity index (χ0) is 20.9. The molecule has 28 heavy (non-hydrogen) atoms. The maximum atomic E-state index is 13.0. The van der Waals surface area contributed by atoms with Crippen molar-refractivity contribution in [3.63, 3.8) is 0 Å². The van der Waals surface area contributed by atoms with Gasteiger partial charge in [-0.15, -0.1) is 0 Å². The lowest BCUT2D eigenvalue weighted by atomic mass is 10.1. The Morgan fingerprint density at radius 1 is 1.04 bits per heavy atom. The number of hydrogen-bond acceptors (Lipinski definition) is 4. The van der Waals surface area contributed by atoms with Gasteiger partial charge in [-0.2, -0.15) is 0 Å². The summed E-state index contributed by atoms with van der Waals surface area (Å²) in [5.74, 6) is -1.34. The molecule has 9 heteroatoms. The topological polar surface area (TPSA) is 104 Å². The molecule has 0 atom stereocenters. The van der Waals surface area contributed by atoms with Crippen molar-refractivity contribution in [3.05, 3.63) is 59.4 Å². The summed E-state index contributed by atoms with van der Waals surface area (Å²) in [6.45, 7) is 5.39. The van der Waals surface area contributed by atoms with Crippen LogP contribution < -0.4 is 15.6 Å². The van der Waals surface area contributed by atoms with Gasteiger partial charge in [0.1, 0.15) is 5.82 Å². The molecule has 0 aliphatic heterocycles. The van der Waals surface area contributed by atoms with Crippen molar-refractivity contribution in [1.29, 1.82) is 0 Å². The first-order valence-electron chi connectivity index (χ1n) is 8.56. The molecule has 0 unspecified atom stereocenters. The van der Waals surface area contributed by atoms with Crippen LogP contribution in [0.2, 0.25) is 0 Å². The predicted octanol–water partition coefficient (Wildman–Crippen LogP) is 2.74. The van der Waals surface area contributed by atoms with E-state index in [1.807, 2.05) is 13.8 Å². The van der Waals surface area contributed by atoms with Gasteiger partial charge in [-0.05, 0) is 54.8 Å². The fourth-order valence-electron chi connectivity index (χ4n) is 2.36. The summed E-state index contributed by atoms with van der Waals surface area (Å²) >= 11 is 0. The van der Waals surface area contributed by atoms with Gasteiger partial charge in [0.15, 0.2) is 0 Å². The first-order valence-corrected chi connectivity index (χ1v) is 10.0. The summed E-state index contributed by atoms with van der Waals surface area (Å²) < 4.78 is 40.4. The SMILES string of the molecule is Cc1ccc(S(=O)(=O)Nc2ccc(F)cc2)cc1C(=O)NNC(=O)CC(C)C. The molecule has 2 rings (SSSR count). The van der Waals surface area contributed by atoms with E-state index in [1.165, 1.54) is 30.3 Å². The monoisotopic (exact) mass is 407 g/mol. The number of carbonyl (C=O) groups excluding carboxylic acids is 2. The minimum Gasteiger partial charge on any atom is -0.280 e. The highest BCUT2D eigenvalue weighted by molar-refractivity contribution is 7.92. The molecule has 7 nitrogen and oxygen atoms in total. The van der Waals surface area contributed by atoms with Crippen LogP contribution in [0.5, 0.6) is 0 Å². The zero-order valence-corrected chi connectivity index (χ0v) is 16.6. The van der Waals surface area contributed by atoms with Gasteiger partial charge >= 0.3 is 0 Å². The molecule has 150 valence electrons. The third-order valence-electron chi connectivity index (χ3n) is 3.77. The number of sulfonamides is 1. The Kier molecular flexibility index (Phi) is 6.74. The second-order valence-corrected chi connectivity index (χ2v) is 8.37. The quantitative estimate of drug-likeness (QED) is 0.641. The van der Waals surface area contributed by atoms with E-state index in [9.17, 15) is 22.4 Å². The van der Waals surface area contributed by atoms with Crippen LogP contribution >= 0.6 is 0 Å². The summed E-state index contributed by atoms with van der Waals surface area (Å²) in [6, 6.07) is 8.90. The molecule has 0 bridgehead atoms. The average Bonchev–Trinajstić information content (AvgIpc) is 2.61. The molecule has 2 amide bonds. The Morgan fingerprint density at radius 3 is 2.29 bits per heavy atom. The van der Waals surface area contributed by atoms with Crippen molar-refractivity contribution in [1.82, 2.24) is 10.9 Å². The number of amides is 2. The fourth-order valence-corrected chi connectivity index (χ4v) is 3.44.